The summed E-state index contributed by atoms with van der Waals surface area (Å²) in [7, 11) is 0. The van der Waals surface area contributed by atoms with Crippen molar-refractivity contribution >= 4 is 0 Å². The molecule has 8 heteroatoms. The molecule has 2 atom stereocenters. The van der Waals surface area contributed by atoms with E-state index >= 15 is 0 Å². The van der Waals surface area contributed by atoms with E-state index in [-0.39, 0.29) is 12.1 Å². The van der Waals surface area contributed by atoms with Crippen LogP contribution in [-0.4, -0.2) is 71.6 Å². The maximum atomic E-state index is 12.7. The molecule has 2 aliphatic rings. The molecular weight excluding hydrogens is 321 g/mol. The first-order chi connectivity index (χ1) is 11.4. The second-order valence-electron chi connectivity index (χ2n) is 6.76. The van der Waals surface area contributed by atoms with Crippen molar-refractivity contribution in [1.29, 1.82) is 0 Å². The van der Waals surface area contributed by atoms with Crippen LogP contribution in [0.2, 0.25) is 0 Å². The molecule has 0 unspecified atom stereocenters. The van der Waals surface area contributed by atoms with Crippen molar-refractivity contribution < 1.29 is 17.9 Å². The highest BCUT2D eigenvalue weighted by atomic mass is 19.4. The van der Waals surface area contributed by atoms with Crippen molar-refractivity contribution in [1.82, 2.24) is 19.6 Å². The number of morpholine rings is 1. The van der Waals surface area contributed by atoms with Gasteiger partial charge in [0.1, 0.15) is 0 Å². The van der Waals surface area contributed by atoms with Gasteiger partial charge in [-0.25, -0.2) is 0 Å². The molecule has 5 nitrogen and oxygen atoms in total. The molecule has 0 aromatic carbocycles. The van der Waals surface area contributed by atoms with Crippen LogP contribution in [0.1, 0.15) is 31.5 Å². The highest BCUT2D eigenvalue weighted by Gasteiger charge is 2.34. The first-order valence-corrected chi connectivity index (χ1v) is 8.60. The zero-order valence-electron chi connectivity index (χ0n) is 14.0. The fourth-order valence-electron chi connectivity index (χ4n) is 3.52. The predicted octanol–water partition coefficient (Wildman–Crippen LogP) is 2.26. The van der Waals surface area contributed by atoms with E-state index in [0.29, 0.717) is 0 Å². The molecule has 0 bridgehead atoms. The van der Waals surface area contributed by atoms with Gasteiger partial charge in [-0.3, -0.25) is 14.5 Å². The lowest BCUT2D eigenvalue weighted by Gasteiger charge is -2.36. The van der Waals surface area contributed by atoms with E-state index < -0.39 is 11.9 Å². The highest BCUT2D eigenvalue weighted by molar-refractivity contribution is 5.04. The first-order valence-electron chi connectivity index (χ1n) is 8.60. The van der Waals surface area contributed by atoms with Crippen molar-refractivity contribution in [2.45, 2.75) is 38.1 Å². The van der Waals surface area contributed by atoms with Gasteiger partial charge in [-0.2, -0.15) is 18.3 Å². The minimum Gasteiger partial charge on any atom is -0.376 e. The molecule has 1 aromatic rings. The van der Waals surface area contributed by atoms with Crippen molar-refractivity contribution in [3.05, 3.63) is 18.0 Å². The van der Waals surface area contributed by atoms with Crippen LogP contribution in [0.5, 0.6) is 0 Å². The van der Waals surface area contributed by atoms with Crippen molar-refractivity contribution in [3.8, 4) is 0 Å². The molecular formula is C16H25F3N4O. The van der Waals surface area contributed by atoms with Gasteiger partial charge in [0.25, 0.3) is 0 Å². The third-order valence-corrected chi connectivity index (χ3v) is 4.81. The second-order valence-corrected chi connectivity index (χ2v) is 6.76. The van der Waals surface area contributed by atoms with E-state index in [9.17, 15) is 13.2 Å². The number of halogens is 3. The molecule has 0 saturated carbocycles. The van der Waals surface area contributed by atoms with Crippen LogP contribution >= 0.6 is 0 Å². The molecule has 0 radical (unpaired) electrons. The van der Waals surface area contributed by atoms with Crippen LogP contribution in [0.15, 0.2) is 12.3 Å². The lowest BCUT2D eigenvalue weighted by atomic mass is 10.1. The standard InChI is InChI=1S/C16H25F3N4O/c1-13-11-22(9-10-24-13)8-7-21-5-2-3-14(12-21)23-6-4-15(20-23)16(17,18)19/h4,6,13-14H,2-3,5,7-12H2,1H3/t13-,14+/m0/s1. The largest absolute Gasteiger partial charge is 0.435 e. The first kappa shape index (κ1) is 17.7. The van der Waals surface area contributed by atoms with Crippen LogP contribution in [0, 0.1) is 0 Å². The Balaban J connectivity index is 1.51. The van der Waals surface area contributed by atoms with Gasteiger partial charge in [-0.15, -0.1) is 0 Å². The summed E-state index contributed by atoms with van der Waals surface area (Å²) in [6, 6.07) is 1.09. The molecule has 2 saturated heterocycles. The number of alkyl halides is 3. The van der Waals surface area contributed by atoms with Crippen molar-refractivity contribution in [3.63, 3.8) is 0 Å². The molecule has 0 amide bonds. The third kappa shape index (κ3) is 4.49. The molecule has 2 fully saturated rings. The summed E-state index contributed by atoms with van der Waals surface area (Å²) in [6.07, 6.45) is -0.763. The highest BCUT2D eigenvalue weighted by Crippen LogP contribution is 2.29. The second kappa shape index (κ2) is 7.41. The van der Waals surface area contributed by atoms with E-state index in [0.717, 1.165) is 64.8 Å². The third-order valence-electron chi connectivity index (χ3n) is 4.81. The maximum absolute atomic E-state index is 12.7. The summed E-state index contributed by atoms with van der Waals surface area (Å²) in [5.74, 6) is 0. The molecule has 0 aliphatic carbocycles. The lowest BCUT2D eigenvalue weighted by Crippen LogP contribution is -2.46. The quantitative estimate of drug-likeness (QED) is 0.837. The van der Waals surface area contributed by atoms with Gasteiger partial charge in [0.2, 0.25) is 0 Å². The Morgan fingerprint density at radius 1 is 1.21 bits per heavy atom. The zero-order valence-corrected chi connectivity index (χ0v) is 14.0. The average Bonchev–Trinajstić information content (AvgIpc) is 3.04. The minimum absolute atomic E-state index is 0.0264. The van der Waals surface area contributed by atoms with Gasteiger partial charge >= 0.3 is 6.18 Å². The van der Waals surface area contributed by atoms with Gasteiger partial charge in [-0.1, -0.05) is 0 Å². The van der Waals surface area contributed by atoms with Gasteiger partial charge < -0.3 is 4.74 Å². The van der Waals surface area contributed by atoms with Crippen LogP contribution in [-0.2, 0) is 10.9 Å². The zero-order chi connectivity index (χ0) is 17.2. The van der Waals surface area contributed by atoms with Crippen LogP contribution < -0.4 is 0 Å². The van der Waals surface area contributed by atoms with Gasteiger partial charge in [-0.05, 0) is 32.4 Å². The number of hydrogen-bond acceptors (Lipinski definition) is 4. The van der Waals surface area contributed by atoms with Crippen molar-refractivity contribution in [2.75, 3.05) is 45.9 Å². The van der Waals surface area contributed by atoms with Crippen LogP contribution in [0.3, 0.4) is 0 Å². The van der Waals surface area contributed by atoms with E-state index in [1.165, 1.54) is 10.9 Å². The Labute approximate surface area is 140 Å². The summed E-state index contributed by atoms with van der Waals surface area (Å²) >= 11 is 0. The minimum atomic E-state index is -4.37. The molecule has 3 heterocycles. The number of hydrogen-bond donors (Lipinski definition) is 0. The Kier molecular flexibility index (Phi) is 5.46. The lowest BCUT2D eigenvalue weighted by molar-refractivity contribution is -0.141. The number of likely N-dealkylation sites (tertiary alicyclic amines) is 1. The molecule has 24 heavy (non-hydrogen) atoms. The Morgan fingerprint density at radius 3 is 2.62 bits per heavy atom. The molecule has 3 rings (SSSR count). The summed E-state index contributed by atoms with van der Waals surface area (Å²) in [5, 5.41) is 3.74. The Morgan fingerprint density at radius 2 is 1.96 bits per heavy atom. The fraction of sp³-hybridized carbons (Fsp3) is 0.812. The molecule has 0 N–H and O–H groups in total. The molecule has 136 valence electrons. The van der Waals surface area contributed by atoms with E-state index in [4.69, 9.17) is 4.74 Å². The fourth-order valence-corrected chi connectivity index (χ4v) is 3.52. The predicted molar refractivity (Wildman–Crippen MR) is 83.8 cm³/mol. The molecule has 0 spiro atoms. The number of nitrogens with zero attached hydrogens (tertiary/aromatic N) is 4. The van der Waals surface area contributed by atoms with Gasteiger partial charge in [0, 0.05) is 38.9 Å². The van der Waals surface area contributed by atoms with Crippen molar-refractivity contribution in [2.24, 2.45) is 0 Å². The van der Waals surface area contributed by atoms with E-state index in [1.54, 1.807) is 0 Å². The Hall–Kier alpha value is -1.12. The molecule has 2 aliphatic heterocycles. The summed E-state index contributed by atoms with van der Waals surface area (Å²) in [6.45, 7) is 8.45. The Bertz CT molecular complexity index is 534. The summed E-state index contributed by atoms with van der Waals surface area (Å²) < 4.78 is 45.1. The topological polar surface area (TPSA) is 33.5 Å². The number of rotatable bonds is 4. The van der Waals surface area contributed by atoms with E-state index in [1.807, 2.05) is 0 Å². The van der Waals surface area contributed by atoms with Gasteiger partial charge in [0.05, 0.1) is 18.8 Å². The number of piperidine rings is 1. The summed E-state index contributed by atoms with van der Waals surface area (Å²) in [4.78, 5) is 4.73. The van der Waals surface area contributed by atoms with Crippen LogP contribution in [0.25, 0.3) is 0 Å². The smallest absolute Gasteiger partial charge is 0.376 e. The average molecular weight is 346 g/mol. The monoisotopic (exact) mass is 346 g/mol. The van der Waals surface area contributed by atoms with Crippen LogP contribution in [0.4, 0.5) is 13.2 Å². The summed E-state index contributed by atoms with van der Waals surface area (Å²) in [5.41, 5.74) is -0.804. The molecule has 1 aromatic heterocycles. The van der Waals surface area contributed by atoms with Gasteiger partial charge in [0.15, 0.2) is 5.69 Å². The number of ether oxygens (including phenoxy) is 1. The normalized spacial score (nSPS) is 27.5. The van der Waals surface area contributed by atoms with E-state index in [2.05, 4.69) is 21.8 Å². The SMILES string of the molecule is C[C@H]1CN(CCN2CCC[C@@H](n3ccc(C(F)(F)F)n3)C2)CCO1. The number of aromatic nitrogens is 2. The maximum Gasteiger partial charge on any atom is 0.435 e.